The summed E-state index contributed by atoms with van der Waals surface area (Å²) < 4.78 is 13.3. The van der Waals surface area contributed by atoms with Crippen molar-refractivity contribution in [2.75, 3.05) is 31.5 Å². The lowest BCUT2D eigenvalue weighted by atomic mass is 9.89. The van der Waals surface area contributed by atoms with Gasteiger partial charge in [0.25, 0.3) is 11.8 Å². The van der Waals surface area contributed by atoms with Crippen molar-refractivity contribution in [1.29, 1.82) is 0 Å². The highest BCUT2D eigenvalue weighted by Gasteiger charge is 2.28. The Morgan fingerprint density at radius 1 is 1.05 bits per heavy atom. The van der Waals surface area contributed by atoms with E-state index in [4.69, 9.17) is 0 Å². The molecule has 2 amide bonds. The third-order valence-electron chi connectivity index (χ3n) is 7.55. The minimum Gasteiger partial charge on any atom is -0.494 e. The van der Waals surface area contributed by atoms with Gasteiger partial charge in [0.1, 0.15) is 5.82 Å². The van der Waals surface area contributed by atoms with E-state index in [1.165, 1.54) is 24.3 Å². The Bertz CT molecular complexity index is 1600. The molecule has 1 aliphatic rings. The number of amides is 2. The summed E-state index contributed by atoms with van der Waals surface area (Å²) in [5, 5.41) is 17.5. The molecular weight excluding hydrogens is 509 g/mol. The maximum atomic E-state index is 13.3. The number of carbonyl (C=O) groups is 2. The van der Waals surface area contributed by atoms with Crippen molar-refractivity contribution in [3.05, 3.63) is 88.0 Å². The lowest BCUT2D eigenvalue weighted by Crippen LogP contribution is -2.35. The summed E-state index contributed by atoms with van der Waals surface area (Å²) in [6.45, 7) is 9.32. The second-order valence-corrected chi connectivity index (χ2v) is 9.99. The molecule has 4 aromatic rings. The molecular formula is C31H34FN5O3. The van der Waals surface area contributed by atoms with Gasteiger partial charge in [-0.2, -0.15) is 0 Å². The van der Waals surface area contributed by atoms with Gasteiger partial charge in [0, 0.05) is 46.5 Å². The number of hydrogen-bond donors (Lipinski definition) is 5. The van der Waals surface area contributed by atoms with Crippen LogP contribution in [-0.2, 0) is 6.42 Å². The highest BCUT2D eigenvalue weighted by Crippen LogP contribution is 2.41. The van der Waals surface area contributed by atoms with Gasteiger partial charge in [0.2, 0.25) is 0 Å². The number of anilines is 1. The number of nitrogens with zero attached hydrogens (tertiary/aromatic N) is 1. The van der Waals surface area contributed by atoms with Crippen LogP contribution in [0.15, 0.2) is 48.5 Å². The van der Waals surface area contributed by atoms with Crippen LogP contribution in [0.2, 0.25) is 0 Å². The van der Waals surface area contributed by atoms with Crippen LogP contribution < -0.4 is 10.6 Å². The topological polar surface area (TPSA) is 113 Å². The average Bonchev–Trinajstić information content (AvgIpc) is 3.46. The fourth-order valence-electron chi connectivity index (χ4n) is 5.44. The van der Waals surface area contributed by atoms with E-state index in [0.717, 1.165) is 42.2 Å². The van der Waals surface area contributed by atoms with Crippen LogP contribution in [0.5, 0.6) is 5.88 Å². The molecule has 208 valence electrons. The maximum Gasteiger partial charge on any atom is 0.255 e. The molecule has 2 heterocycles. The predicted molar refractivity (Wildman–Crippen MR) is 155 cm³/mol. The van der Waals surface area contributed by atoms with Crippen LogP contribution in [0.4, 0.5) is 10.1 Å². The fourth-order valence-corrected chi connectivity index (χ4v) is 5.44. The highest BCUT2D eigenvalue weighted by molar-refractivity contribution is 6.09. The van der Waals surface area contributed by atoms with Crippen molar-refractivity contribution in [3.63, 3.8) is 0 Å². The van der Waals surface area contributed by atoms with Crippen molar-refractivity contribution >= 4 is 34.0 Å². The van der Waals surface area contributed by atoms with Gasteiger partial charge in [-0.15, -0.1) is 0 Å². The first-order chi connectivity index (χ1) is 19.3. The molecule has 9 heteroatoms. The third kappa shape index (κ3) is 5.24. The number of rotatable bonds is 9. The Balaban J connectivity index is 1.45. The van der Waals surface area contributed by atoms with E-state index in [0.29, 0.717) is 52.7 Å². The molecule has 1 aliphatic carbocycles. The largest absolute Gasteiger partial charge is 0.494 e. The number of allylic oxidation sites excluding steroid dienone is 1. The predicted octanol–water partition coefficient (Wildman–Crippen LogP) is 5.35. The molecule has 0 saturated carbocycles. The molecule has 0 bridgehead atoms. The van der Waals surface area contributed by atoms with Crippen LogP contribution >= 0.6 is 0 Å². The summed E-state index contributed by atoms with van der Waals surface area (Å²) in [7, 11) is 0. The number of aromatic amines is 2. The Morgan fingerprint density at radius 2 is 1.80 bits per heavy atom. The monoisotopic (exact) mass is 543 g/mol. The Morgan fingerprint density at radius 3 is 2.52 bits per heavy atom. The van der Waals surface area contributed by atoms with Crippen molar-refractivity contribution < 1.29 is 19.1 Å². The first-order valence-electron chi connectivity index (χ1n) is 13.6. The standard InChI is InChI=1S/C31H34FN5O3/c1-4-37(5-2)16-15-33-30(39)26-18(3)34-28-22(26)7-6-8-23(28)27-24-17-19(9-14-25(24)36-31(27)40)29(38)35-21-12-10-20(32)11-13-21/h8-14,17,34,36,40H,4-7,15-16H2,1-3H3,(H,33,39)(H,35,38). The summed E-state index contributed by atoms with van der Waals surface area (Å²) in [4.78, 5) is 34.9. The van der Waals surface area contributed by atoms with Crippen molar-refractivity contribution in [1.82, 2.24) is 20.2 Å². The van der Waals surface area contributed by atoms with Crippen LogP contribution in [0.3, 0.4) is 0 Å². The van der Waals surface area contributed by atoms with Gasteiger partial charge in [-0.3, -0.25) is 9.59 Å². The molecule has 0 radical (unpaired) electrons. The summed E-state index contributed by atoms with van der Waals surface area (Å²) >= 11 is 0. The molecule has 0 unspecified atom stereocenters. The number of nitrogens with one attached hydrogen (secondary N) is 4. The van der Waals surface area contributed by atoms with Crippen LogP contribution in [0, 0.1) is 12.7 Å². The minimum atomic E-state index is -0.383. The SMILES string of the molecule is CCN(CC)CCNC(=O)c1c(C)[nH]c2c1CCC=C2c1c(O)[nH]c2ccc(C(=O)Nc3ccc(F)cc3)cc12. The molecule has 0 spiro atoms. The van der Waals surface area contributed by atoms with Gasteiger partial charge in [-0.05, 0) is 80.9 Å². The summed E-state index contributed by atoms with van der Waals surface area (Å²) in [5.74, 6) is -0.848. The van der Waals surface area contributed by atoms with Gasteiger partial charge in [-0.1, -0.05) is 19.9 Å². The molecule has 0 fully saturated rings. The lowest BCUT2D eigenvalue weighted by molar-refractivity contribution is 0.0946. The summed E-state index contributed by atoms with van der Waals surface area (Å²) in [6.07, 6.45) is 3.46. The van der Waals surface area contributed by atoms with Crippen LogP contribution in [0.1, 0.15) is 63.5 Å². The van der Waals surface area contributed by atoms with Gasteiger partial charge < -0.3 is 30.6 Å². The molecule has 8 nitrogen and oxygen atoms in total. The van der Waals surface area contributed by atoms with Crippen molar-refractivity contribution in [3.8, 4) is 5.88 Å². The zero-order chi connectivity index (χ0) is 28.4. The average molecular weight is 544 g/mol. The molecule has 2 aromatic carbocycles. The smallest absolute Gasteiger partial charge is 0.255 e. The lowest BCUT2D eigenvalue weighted by Gasteiger charge is -2.18. The van der Waals surface area contributed by atoms with Crippen LogP contribution in [0.25, 0.3) is 16.5 Å². The van der Waals surface area contributed by atoms with Gasteiger partial charge >= 0.3 is 0 Å². The Hall–Kier alpha value is -4.37. The molecule has 5 N–H and O–H groups in total. The quantitative estimate of drug-likeness (QED) is 0.196. The number of hydrogen-bond acceptors (Lipinski definition) is 4. The zero-order valence-corrected chi connectivity index (χ0v) is 23.0. The van der Waals surface area contributed by atoms with E-state index in [-0.39, 0.29) is 23.5 Å². The number of carbonyl (C=O) groups excluding carboxylic acids is 2. The summed E-state index contributed by atoms with van der Waals surface area (Å²) in [5.41, 5.74) is 6.06. The highest BCUT2D eigenvalue weighted by atomic mass is 19.1. The minimum absolute atomic E-state index is 0.0114. The second kappa shape index (κ2) is 11.4. The van der Waals surface area contributed by atoms with Gasteiger partial charge in [-0.25, -0.2) is 4.39 Å². The number of aromatic hydroxyl groups is 1. The molecule has 2 aromatic heterocycles. The zero-order valence-electron chi connectivity index (χ0n) is 23.0. The normalized spacial score (nSPS) is 12.9. The molecule has 0 atom stereocenters. The fraction of sp³-hybridized carbons (Fsp3) is 0.290. The van der Waals surface area contributed by atoms with E-state index < -0.39 is 0 Å². The first kappa shape index (κ1) is 27.2. The number of likely N-dealkylation sites (N-methyl/N-ethyl adjacent to an activating group) is 1. The molecule has 5 rings (SSSR count). The number of H-pyrrole nitrogens is 2. The number of fused-ring (bicyclic) bond motifs is 2. The van der Waals surface area contributed by atoms with Crippen molar-refractivity contribution in [2.45, 2.75) is 33.6 Å². The first-order valence-corrected chi connectivity index (χ1v) is 13.6. The number of halogens is 1. The molecule has 40 heavy (non-hydrogen) atoms. The van der Waals surface area contributed by atoms with Gasteiger partial charge in [0.05, 0.1) is 16.8 Å². The van der Waals surface area contributed by atoms with E-state index in [9.17, 15) is 19.1 Å². The number of benzene rings is 2. The van der Waals surface area contributed by atoms with E-state index >= 15 is 0 Å². The van der Waals surface area contributed by atoms with E-state index in [2.05, 4.69) is 39.3 Å². The molecule has 0 saturated heterocycles. The Kier molecular flexibility index (Phi) is 7.75. The molecule has 0 aliphatic heterocycles. The maximum absolute atomic E-state index is 13.3. The van der Waals surface area contributed by atoms with Crippen LogP contribution in [-0.4, -0.2) is 58.0 Å². The second-order valence-electron chi connectivity index (χ2n) is 9.99. The summed E-state index contributed by atoms with van der Waals surface area (Å²) in [6, 6.07) is 10.7. The number of aryl methyl sites for hydroxylation is 1. The van der Waals surface area contributed by atoms with Gasteiger partial charge in [0.15, 0.2) is 5.88 Å². The van der Waals surface area contributed by atoms with Crippen molar-refractivity contribution in [2.24, 2.45) is 0 Å². The Labute approximate surface area is 232 Å². The third-order valence-corrected chi connectivity index (χ3v) is 7.55. The number of aromatic nitrogens is 2. The van der Waals surface area contributed by atoms with E-state index in [1.807, 2.05) is 13.0 Å². The van der Waals surface area contributed by atoms with E-state index in [1.54, 1.807) is 18.2 Å².